The first-order chi connectivity index (χ1) is 10.5. The summed E-state index contributed by atoms with van der Waals surface area (Å²) < 4.78 is 0. The van der Waals surface area contributed by atoms with Crippen molar-refractivity contribution in [3.05, 3.63) is 70.8 Å². The molecule has 0 heterocycles. The van der Waals surface area contributed by atoms with E-state index in [9.17, 15) is 19.8 Å². The number of aryl methyl sites for hydroxylation is 2. The molecule has 2 aromatic rings. The molecule has 23 heavy (non-hydrogen) atoms. The molecule has 5 heteroatoms. The molecule has 0 aromatic heterocycles. The summed E-state index contributed by atoms with van der Waals surface area (Å²) >= 11 is 0. The Balaban J connectivity index is 0.000000403. The first-order valence-corrected chi connectivity index (χ1v) is 7.08. The first kappa shape index (κ1) is 21.6. The van der Waals surface area contributed by atoms with Crippen molar-refractivity contribution in [1.29, 1.82) is 0 Å². The van der Waals surface area contributed by atoms with E-state index in [4.69, 9.17) is 0 Å². The van der Waals surface area contributed by atoms with E-state index < -0.39 is 11.9 Å². The normalized spacial score (nSPS) is 9.13. The van der Waals surface area contributed by atoms with Gasteiger partial charge in [0.1, 0.15) is 0 Å². The minimum Gasteiger partial charge on any atom is -0.545 e. The van der Waals surface area contributed by atoms with Crippen molar-refractivity contribution < 1.29 is 19.8 Å². The Bertz CT molecular complexity index is 595. The molecule has 0 saturated carbocycles. The van der Waals surface area contributed by atoms with Gasteiger partial charge in [-0.05, 0) is 47.2 Å². The van der Waals surface area contributed by atoms with Gasteiger partial charge in [-0.15, -0.1) is 0 Å². The second kappa shape index (κ2) is 11.2. The van der Waals surface area contributed by atoms with E-state index >= 15 is 0 Å². The third-order valence-corrected chi connectivity index (χ3v) is 3.14. The largest absolute Gasteiger partial charge is 2.00 e. The van der Waals surface area contributed by atoms with E-state index in [-0.39, 0.29) is 48.9 Å². The number of hydrogen-bond acceptors (Lipinski definition) is 4. The van der Waals surface area contributed by atoms with E-state index in [0.717, 1.165) is 24.0 Å². The maximum absolute atomic E-state index is 10.4. The number of hydrogen-bond donors (Lipinski definition) is 0. The molecule has 0 aliphatic heterocycles. The van der Waals surface area contributed by atoms with Gasteiger partial charge < -0.3 is 19.8 Å². The molecule has 0 aliphatic carbocycles. The van der Waals surface area contributed by atoms with Crippen LogP contribution in [0.5, 0.6) is 0 Å². The average Bonchev–Trinajstić information content (AvgIpc) is 2.55. The summed E-state index contributed by atoms with van der Waals surface area (Å²) in [6, 6.07) is 13.6. The van der Waals surface area contributed by atoms with Crippen LogP contribution in [0.1, 0.15) is 45.7 Å². The molecule has 0 bridgehead atoms. The molecular formula is C18H18CaO4. The predicted octanol–water partition coefficient (Wildman–Crippen LogP) is 0.844. The van der Waals surface area contributed by atoms with E-state index in [1.807, 2.05) is 26.0 Å². The summed E-state index contributed by atoms with van der Waals surface area (Å²) in [5.41, 5.74) is 2.55. The fourth-order valence-electron chi connectivity index (χ4n) is 1.84. The van der Waals surface area contributed by atoms with Gasteiger partial charge in [-0.25, -0.2) is 0 Å². The SMILES string of the molecule is CCc1cccc(C(=O)[O-])c1.CCc1cccc(C(=O)[O-])c1.[Ca+2]. The summed E-state index contributed by atoms with van der Waals surface area (Å²) in [4.78, 5) is 20.7. The van der Waals surface area contributed by atoms with Gasteiger partial charge in [-0.1, -0.05) is 50.2 Å². The van der Waals surface area contributed by atoms with Gasteiger partial charge in [0.2, 0.25) is 0 Å². The van der Waals surface area contributed by atoms with Gasteiger partial charge >= 0.3 is 37.7 Å². The number of carbonyl (C=O) groups excluding carboxylic acids is 2. The fourth-order valence-corrected chi connectivity index (χ4v) is 1.84. The summed E-state index contributed by atoms with van der Waals surface area (Å²) in [5.74, 6) is -2.22. The minimum atomic E-state index is -1.11. The molecular weight excluding hydrogens is 320 g/mol. The van der Waals surface area contributed by atoms with Crippen LogP contribution in [0.4, 0.5) is 0 Å². The third kappa shape index (κ3) is 7.64. The molecule has 0 amide bonds. The Morgan fingerprint density at radius 2 is 1.13 bits per heavy atom. The summed E-state index contributed by atoms with van der Waals surface area (Å²) in [6.45, 7) is 3.96. The van der Waals surface area contributed by atoms with Crippen LogP contribution >= 0.6 is 0 Å². The quantitative estimate of drug-likeness (QED) is 0.774. The molecule has 0 fully saturated rings. The number of carbonyl (C=O) groups is 2. The zero-order valence-electron chi connectivity index (χ0n) is 13.4. The van der Waals surface area contributed by atoms with Gasteiger partial charge in [-0.3, -0.25) is 0 Å². The monoisotopic (exact) mass is 338 g/mol. The molecule has 0 saturated heterocycles. The van der Waals surface area contributed by atoms with Gasteiger partial charge in [0.25, 0.3) is 0 Å². The van der Waals surface area contributed by atoms with Crippen molar-refractivity contribution in [1.82, 2.24) is 0 Å². The number of rotatable bonds is 4. The number of aromatic carboxylic acids is 2. The standard InChI is InChI=1S/2C9H10O2.Ca/c2*1-2-7-4-3-5-8(6-7)9(10)11;/h2*3-6H,2H2,1H3,(H,10,11);/q;;+2/p-2. The number of benzene rings is 2. The van der Waals surface area contributed by atoms with Crippen LogP contribution in [-0.4, -0.2) is 49.7 Å². The molecule has 0 spiro atoms. The smallest absolute Gasteiger partial charge is 0.545 e. The first-order valence-electron chi connectivity index (χ1n) is 7.08. The van der Waals surface area contributed by atoms with Crippen LogP contribution in [-0.2, 0) is 12.8 Å². The van der Waals surface area contributed by atoms with Crippen molar-refractivity contribution >= 4 is 49.7 Å². The van der Waals surface area contributed by atoms with Gasteiger partial charge in [0.15, 0.2) is 0 Å². The number of carboxylic acid groups (broad SMARTS) is 2. The molecule has 116 valence electrons. The molecule has 0 N–H and O–H groups in total. The van der Waals surface area contributed by atoms with E-state index in [1.165, 1.54) is 12.1 Å². The molecule has 0 unspecified atom stereocenters. The summed E-state index contributed by atoms with van der Waals surface area (Å²) in [5, 5.41) is 20.7. The van der Waals surface area contributed by atoms with E-state index in [2.05, 4.69) is 0 Å². The van der Waals surface area contributed by atoms with Gasteiger partial charge in [0, 0.05) is 0 Å². The van der Waals surface area contributed by atoms with Crippen LogP contribution in [0.3, 0.4) is 0 Å². The Hall–Kier alpha value is -1.36. The summed E-state index contributed by atoms with van der Waals surface area (Å²) in [7, 11) is 0. The zero-order valence-corrected chi connectivity index (χ0v) is 15.6. The van der Waals surface area contributed by atoms with Gasteiger partial charge in [0.05, 0.1) is 11.9 Å². The van der Waals surface area contributed by atoms with Crippen molar-refractivity contribution in [3.8, 4) is 0 Å². The molecule has 4 nitrogen and oxygen atoms in total. The van der Waals surface area contributed by atoms with Crippen molar-refractivity contribution in [2.45, 2.75) is 26.7 Å². The topological polar surface area (TPSA) is 80.3 Å². The van der Waals surface area contributed by atoms with Crippen LogP contribution in [0, 0.1) is 0 Å². The maximum Gasteiger partial charge on any atom is 2.00 e. The van der Waals surface area contributed by atoms with Crippen molar-refractivity contribution in [2.75, 3.05) is 0 Å². The zero-order chi connectivity index (χ0) is 16.5. The number of carboxylic acids is 2. The average molecular weight is 338 g/mol. The van der Waals surface area contributed by atoms with Crippen LogP contribution < -0.4 is 10.2 Å². The van der Waals surface area contributed by atoms with Crippen LogP contribution in [0.2, 0.25) is 0 Å². The molecule has 0 atom stereocenters. The van der Waals surface area contributed by atoms with E-state index in [0.29, 0.717) is 0 Å². The molecule has 0 radical (unpaired) electrons. The predicted molar refractivity (Wildman–Crippen MR) is 86.1 cm³/mol. The Kier molecular flexibility index (Phi) is 10.6. The second-order valence-corrected chi connectivity index (χ2v) is 4.68. The van der Waals surface area contributed by atoms with Crippen LogP contribution in [0.25, 0.3) is 0 Å². The van der Waals surface area contributed by atoms with E-state index in [1.54, 1.807) is 24.3 Å². The molecule has 2 aromatic carbocycles. The third-order valence-electron chi connectivity index (χ3n) is 3.14. The molecule has 2 rings (SSSR count). The Morgan fingerprint density at radius 3 is 1.39 bits per heavy atom. The fraction of sp³-hybridized carbons (Fsp3) is 0.222. The van der Waals surface area contributed by atoms with Gasteiger partial charge in [-0.2, -0.15) is 0 Å². The Morgan fingerprint density at radius 1 is 0.783 bits per heavy atom. The maximum atomic E-state index is 10.4. The molecule has 0 aliphatic rings. The van der Waals surface area contributed by atoms with Crippen molar-refractivity contribution in [3.63, 3.8) is 0 Å². The minimum absolute atomic E-state index is 0. The Labute approximate surface area is 166 Å². The van der Waals surface area contributed by atoms with Crippen LogP contribution in [0.15, 0.2) is 48.5 Å². The second-order valence-electron chi connectivity index (χ2n) is 4.68. The summed E-state index contributed by atoms with van der Waals surface area (Å²) in [6.07, 6.45) is 1.70. The van der Waals surface area contributed by atoms with Crippen molar-refractivity contribution in [2.24, 2.45) is 0 Å².